The quantitative estimate of drug-likeness (QED) is 0.327. The van der Waals surface area contributed by atoms with E-state index in [2.05, 4.69) is 58.9 Å². The highest BCUT2D eigenvalue weighted by atomic mass is 28.5. The van der Waals surface area contributed by atoms with Crippen LogP contribution in [0.3, 0.4) is 0 Å². The number of hydrogen-bond donors (Lipinski definition) is 1. The maximum atomic E-state index is 6.69. The van der Waals surface area contributed by atoms with Crippen LogP contribution in [0.4, 0.5) is 0 Å². The molecule has 0 amide bonds. The molecule has 0 aliphatic heterocycles. The van der Waals surface area contributed by atoms with Gasteiger partial charge in [0.15, 0.2) is 25.0 Å². The lowest BCUT2D eigenvalue weighted by Crippen LogP contribution is -2.60. The molecule has 0 fully saturated rings. The fourth-order valence-corrected chi connectivity index (χ4v) is 17.4. The maximum absolute atomic E-state index is 6.69. The summed E-state index contributed by atoms with van der Waals surface area (Å²) in [6.45, 7) is 21.0. The number of unbranched alkanes of at least 4 members (excludes halogenated alkanes) is 4. The van der Waals surface area contributed by atoms with Crippen LogP contribution in [0, 0.1) is 0 Å². The van der Waals surface area contributed by atoms with Gasteiger partial charge in [0, 0.05) is 6.04 Å². The molecule has 0 saturated heterocycles. The van der Waals surface area contributed by atoms with E-state index in [1.807, 2.05) is 0 Å². The van der Waals surface area contributed by atoms with Gasteiger partial charge in [0.2, 0.25) is 0 Å². The zero-order valence-electron chi connectivity index (χ0n) is 17.8. The van der Waals surface area contributed by atoms with Crippen LogP contribution in [-0.2, 0) is 12.3 Å². The van der Waals surface area contributed by atoms with Gasteiger partial charge in [-0.2, -0.15) is 0 Å². The van der Waals surface area contributed by atoms with Crippen molar-refractivity contribution in [3.8, 4) is 0 Å². The Morgan fingerprint density at radius 3 is 1.21 bits per heavy atom. The van der Waals surface area contributed by atoms with Gasteiger partial charge in [-0.1, -0.05) is 19.3 Å². The van der Waals surface area contributed by atoms with Crippen LogP contribution >= 0.6 is 0 Å². The molecule has 0 spiro atoms. The molecule has 0 aliphatic rings. The van der Waals surface area contributed by atoms with E-state index < -0.39 is 33.8 Å². The Kier molecular flexibility index (Phi) is 10.4. The Bertz CT molecular complexity index is 308. The Balaban J connectivity index is 5.10. The van der Waals surface area contributed by atoms with Crippen LogP contribution in [0.15, 0.2) is 0 Å². The molecular weight excluding hydrogens is 367 g/mol. The van der Waals surface area contributed by atoms with Crippen LogP contribution in [0.5, 0.6) is 0 Å². The Morgan fingerprint density at radius 1 is 0.542 bits per heavy atom. The highest BCUT2D eigenvalue weighted by Gasteiger charge is 2.49. The summed E-state index contributed by atoms with van der Waals surface area (Å²) in [5, 5.41) is 0. The second-order valence-electron chi connectivity index (χ2n) is 9.63. The standard InChI is InChI=1S/C16H43NO3Si4/c1-21(2,3)18-24(19-22(4,5)6,20-23(7,8)9)16-14-12-10-11-13-15-17/h10-17H2,1-9H3. The van der Waals surface area contributed by atoms with Gasteiger partial charge in [-0.15, -0.1) is 0 Å². The van der Waals surface area contributed by atoms with Crippen molar-refractivity contribution < 1.29 is 12.3 Å². The molecule has 0 aromatic heterocycles. The smallest absolute Gasteiger partial charge is 0.417 e. The minimum absolute atomic E-state index is 0.800. The van der Waals surface area contributed by atoms with Gasteiger partial charge in [-0.05, 0) is 78.3 Å². The van der Waals surface area contributed by atoms with E-state index in [0.717, 1.165) is 25.4 Å². The van der Waals surface area contributed by atoms with E-state index in [4.69, 9.17) is 18.1 Å². The van der Waals surface area contributed by atoms with E-state index in [0.29, 0.717) is 0 Å². The molecule has 0 atom stereocenters. The first-order valence-corrected chi connectivity index (χ1v) is 21.6. The summed E-state index contributed by atoms with van der Waals surface area (Å²) in [6.07, 6.45) is 5.95. The van der Waals surface area contributed by atoms with E-state index in [-0.39, 0.29) is 0 Å². The molecular formula is C16H43NO3Si4. The lowest BCUT2D eigenvalue weighted by molar-refractivity contribution is 0.250. The molecule has 0 radical (unpaired) electrons. The lowest BCUT2D eigenvalue weighted by Gasteiger charge is -2.43. The molecule has 0 aliphatic carbocycles. The van der Waals surface area contributed by atoms with Crippen LogP contribution in [-0.4, -0.2) is 40.3 Å². The zero-order valence-corrected chi connectivity index (χ0v) is 21.8. The minimum atomic E-state index is -2.61. The molecule has 0 aromatic rings. The Morgan fingerprint density at radius 2 is 0.875 bits per heavy atom. The molecule has 8 heteroatoms. The van der Waals surface area contributed by atoms with E-state index in [1.165, 1.54) is 19.3 Å². The largest absolute Gasteiger partial charge is 0.469 e. The summed E-state index contributed by atoms with van der Waals surface area (Å²) in [5.41, 5.74) is 5.58. The van der Waals surface area contributed by atoms with Gasteiger partial charge < -0.3 is 18.1 Å². The number of hydrogen-bond acceptors (Lipinski definition) is 4. The first kappa shape index (κ1) is 24.7. The van der Waals surface area contributed by atoms with Crippen LogP contribution in [0.2, 0.25) is 65.0 Å². The summed E-state index contributed by atoms with van der Waals surface area (Å²) in [4.78, 5) is 0. The zero-order chi connectivity index (χ0) is 19.1. The normalized spacial score (nSPS) is 14.2. The van der Waals surface area contributed by atoms with E-state index in [1.54, 1.807) is 0 Å². The van der Waals surface area contributed by atoms with Gasteiger partial charge in [0.1, 0.15) is 0 Å². The molecule has 4 nitrogen and oxygen atoms in total. The van der Waals surface area contributed by atoms with Gasteiger partial charge in [0.25, 0.3) is 0 Å². The van der Waals surface area contributed by atoms with Crippen LogP contribution in [0.25, 0.3) is 0 Å². The molecule has 0 bridgehead atoms. The third kappa shape index (κ3) is 13.9. The summed E-state index contributed by atoms with van der Waals surface area (Å²) in [6, 6.07) is 0.967. The summed E-state index contributed by atoms with van der Waals surface area (Å²) in [7, 11) is -7.81. The fourth-order valence-electron chi connectivity index (χ4n) is 2.63. The fraction of sp³-hybridized carbons (Fsp3) is 1.00. The number of nitrogens with two attached hydrogens (primary N) is 1. The number of rotatable bonds is 13. The second-order valence-corrected chi connectivity index (χ2v) is 26.6. The van der Waals surface area contributed by atoms with Gasteiger partial charge in [-0.25, -0.2) is 0 Å². The maximum Gasteiger partial charge on any atom is 0.469 e. The predicted octanol–water partition coefficient (Wildman–Crippen LogP) is 5.39. The highest BCUT2D eigenvalue weighted by molar-refractivity contribution is 6.90. The molecule has 0 aromatic carbocycles. The monoisotopic (exact) mass is 409 g/mol. The van der Waals surface area contributed by atoms with Crippen molar-refractivity contribution in [2.75, 3.05) is 6.54 Å². The summed E-state index contributed by atoms with van der Waals surface area (Å²) < 4.78 is 20.1. The van der Waals surface area contributed by atoms with Crippen LogP contribution in [0.1, 0.15) is 32.1 Å². The topological polar surface area (TPSA) is 53.7 Å². The Labute approximate surface area is 155 Å². The molecule has 0 heterocycles. The van der Waals surface area contributed by atoms with Crippen LogP contribution < -0.4 is 5.73 Å². The van der Waals surface area contributed by atoms with Crippen molar-refractivity contribution in [2.24, 2.45) is 5.73 Å². The van der Waals surface area contributed by atoms with Crippen molar-refractivity contribution in [3.63, 3.8) is 0 Å². The Hall–Kier alpha value is 0.708. The molecule has 0 saturated carbocycles. The van der Waals surface area contributed by atoms with Gasteiger partial charge in [0.05, 0.1) is 0 Å². The second kappa shape index (κ2) is 10.1. The average Bonchev–Trinajstić information content (AvgIpc) is 2.26. The molecule has 0 unspecified atom stereocenters. The molecule has 2 N–H and O–H groups in total. The third-order valence-electron chi connectivity index (χ3n) is 3.07. The predicted molar refractivity (Wildman–Crippen MR) is 116 cm³/mol. The first-order chi connectivity index (χ1) is 10.7. The van der Waals surface area contributed by atoms with Crippen molar-refractivity contribution in [1.29, 1.82) is 0 Å². The summed E-state index contributed by atoms with van der Waals surface area (Å²) in [5.74, 6) is 0. The van der Waals surface area contributed by atoms with Crippen molar-refractivity contribution in [1.82, 2.24) is 0 Å². The average molecular weight is 410 g/mol. The first-order valence-electron chi connectivity index (χ1n) is 9.49. The molecule has 146 valence electrons. The minimum Gasteiger partial charge on any atom is -0.417 e. The van der Waals surface area contributed by atoms with E-state index in [9.17, 15) is 0 Å². The molecule has 24 heavy (non-hydrogen) atoms. The lowest BCUT2D eigenvalue weighted by atomic mass is 10.2. The van der Waals surface area contributed by atoms with Gasteiger partial charge >= 0.3 is 8.80 Å². The van der Waals surface area contributed by atoms with Crippen molar-refractivity contribution >= 4 is 33.8 Å². The SMILES string of the molecule is C[Si](C)(C)O[Si](CCCCCCCN)(O[Si](C)(C)C)O[Si](C)(C)C. The van der Waals surface area contributed by atoms with E-state index >= 15 is 0 Å². The third-order valence-corrected chi connectivity index (χ3v) is 15.1. The highest BCUT2D eigenvalue weighted by Crippen LogP contribution is 2.30. The van der Waals surface area contributed by atoms with Crippen molar-refractivity contribution in [2.45, 2.75) is 97.1 Å². The van der Waals surface area contributed by atoms with Crippen molar-refractivity contribution in [3.05, 3.63) is 0 Å². The summed E-state index contributed by atoms with van der Waals surface area (Å²) >= 11 is 0. The molecule has 0 rings (SSSR count). The van der Waals surface area contributed by atoms with Gasteiger partial charge in [-0.3, -0.25) is 0 Å².